The van der Waals surface area contributed by atoms with Crippen molar-refractivity contribution in [2.75, 3.05) is 18.9 Å². The number of hydrogen-bond donors (Lipinski definition) is 2. The number of rotatable bonds is 10. The van der Waals surface area contributed by atoms with Crippen molar-refractivity contribution in [2.24, 2.45) is 0 Å². The molecule has 0 radical (unpaired) electrons. The molecule has 0 heterocycles. The van der Waals surface area contributed by atoms with E-state index in [1.807, 2.05) is 30.3 Å². The summed E-state index contributed by atoms with van der Waals surface area (Å²) in [5, 5.41) is 12.0. The van der Waals surface area contributed by atoms with E-state index < -0.39 is 9.84 Å². The monoisotopic (exact) mass is 375 g/mol. The first-order valence-electron chi connectivity index (χ1n) is 8.73. The van der Waals surface area contributed by atoms with E-state index in [1.165, 1.54) is 12.1 Å². The van der Waals surface area contributed by atoms with Crippen LogP contribution in [0.1, 0.15) is 30.7 Å². The van der Waals surface area contributed by atoms with Gasteiger partial charge in [0, 0.05) is 19.6 Å². The van der Waals surface area contributed by atoms with Gasteiger partial charge in [0.25, 0.3) is 0 Å². The van der Waals surface area contributed by atoms with Gasteiger partial charge in [-0.05, 0) is 36.5 Å². The van der Waals surface area contributed by atoms with E-state index >= 15 is 0 Å². The molecule has 1 amide bonds. The topological polar surface area (TPSA) is 83.5 Å². The number of aliphatic hydroxyl groups excluding tert-OH is 1. The van der Waals surface area contributed by atoms with Gasteiger partial charge in [-0.3, -0.25) is 4.79 Å². The summed E-state index contributed by atoms with van der Waals surface area (Å²) < 4.78 is 24.4. The molecular weight excluding hydrogens is 350 g/mol. The summed E-state index contributed by atoms with van der Waals surface area (Å²) in [5.74, 6) is -0.323. The zero-order valence-corrected chi connectivity index (χ0v) is 15.5. The number of hydrogen-bond acceptors (Lipinski definition) is 4. The van der Waals surface area contributed by atoms with Crippen LogP contribution in [0.3, 0.4) is 0 Å². The molecule has 0 spiro atoms. The average molecular weight is 375 g/mol. The zero-order chi connectivity index (χ0) is 18.8. The van der Waals surface area contributed by atoms with E-state index in [-0.39, 0.29) is 35.5 Å². The van der Waals surface area contributed by atoms with Crippen molar-refractivity contribution in [1.29, 1.82) is 0 Å². The Morgan fingerprint density at radius 1 is 0.962 bits per heavy atom. The smallest absolute Gasteiger partial charge is 0.221 e. The first-order valence-corrected chi connectivity index (χ1v) is 10.4. The van der Waals surface area contributed by atoms with Crippen LogP contribution in [0.25, 0.3) is 0 Å². The molecule has 0 saturated carbocycles. The van der Waals surface area contributed by atoms with Gasteiger partial charge in [0.05, 0.1) is 10.6 Å². The van der Waals surface area contributed by atoms with E-state index in [2.05, 4.69) is 5.32 Å². The summed E-state index contributed by atoms with van der Waals surface area (Å²) in [4.78, 5) is 12.2. The number of carbonyl (C=O) groups is 1. The normalized spacial score (nSPS) is 12.5. The van der Waals surface area contributed by atoms with Crippen LogP contribution in [-0.2, 0) is 14.6 Å². The van der Waals surface area contributed by atoms with Gasteiger partial charge in [-0.2, -0.15) is 0 Å². The predicted octanol–water partition coefficient (Wildman–Crippen LogP) is 2.52. The molecule has 6 heteroatoms. The van der Waals surface area contributed by atoms with Gasteiger partial charge < -0.3 is 10.4 Å². The summed E-state index contributed by atoms with van der Waals surface area (Å²) >= 11 is 0. The Balaban J connectivity index is 1.79. The summed E-state index contributed by atoms with van der Waals surface area (Å²) in [5.41, 5.74) is 1.13. The fourth-order valence-electron chi connectivity index (χ4n) is 2.81. The predicted molar refractivity (Wildman–Crippen MR) is 102 cm³/mol. The molecule has 2 N–H and O–H groups in total. The third kappa shape index (κ3) is 6.28. The molecule has 1 unspecified atom stereocenters. The minimum atomic E-state index is -3.44. The Labute approximate surface area is 155 Å². The van der Waals surface area contributed by atoms with Gasteiger partial charge in [-0.25, -0.2) is 8.42 Å². The quantitative estimate of drug-likeness (QED) is 0.668. The van der Waals surface area contributed by atoms with Crippen LogP contribution >= 0.6 is 0 Å². The molecule has 140 valence electrons. The molecule has 0 bridgehead atoms. The highest BCUT2D eigenvalue weighted by molar-refractivity contribution is 7.91. The Bertz CT molecular complexity index is 776. The number of sulfone groups is 1. The first kappa shape index (κ1) is 20.1. The molecule has 2 aromatic carbocycles. The van der Waals surface area contributed by atoms with E-state index in [4.69, 9.17) is 0 Å². The number of aliphatic hydroxyl groups is 1. The molecular formula is C20H25NO4S. The molecule has 2 aromatic rings. The van der Waals surface area contributed by atoms with E-state index in [0.717, 1.165) is 5.56 Å². The summed E-state index contributed by atoms with van der Waals surface area (Å²) in [6.07, 6.45) is 1.26. The third-order valence-electron chi connectivity index (χ3n) is 4.26. The lowest BCUT2D eigenvalue weighted by molar-refractivity contribution is -0.120. The molecule has 0 aromatic heterocycles. The third-order valence-corrected chi connectivity index (χ3v) is 6.00. The standard InChI is InChI=1S/C20H25NO4S/c22-15-12-18(17-7-3-1-4-8-17)11-14-21-20(23)13-16-26(24,25)19-9-5-2-6-10-19/h1-10,18,22H,11-16H2,(H,21,23). The lowest BCUT2D eigenvalue weighted by Crippen LogP contribution is -2.27. The minimum absolute atomic E-state index is 0.0623. The van der Waals surface area contributed by atoms with Crippen LogP contribution in [0, 0.1) is 0 Å². The summed E-state index contributed by atoms with van der Waals surface area (Å²) in [6, 6.07) is 18.0. The van der Waals surface area contributed by atoms with Crippen molar-refractivity contribution in [3.8, 4) is 0 Å². The Morgan fingerprint density at radius 2 is 1.58 bits per heavy atom. The van der Waals surface area contributed by atoms with Crippen LogP contribution in [0.4, 0.5) is 0 Å². The molecule has 26 heavy (non-hydrogen) atoms. The lowest BCUT2D eigenvalue weighted by atomic mass is 9.93. The fourth-order valence-corrected chi connectivity index (χ4v) is 4.07. The van der Waals surface area contributed by atoms with Gasteiger partial charge in [0.15, 0.2) is 9.84 Å². The van der Waals surface area contributed by atoms with Gasteiger partial charge >= 0.3 is 0 Å². The van der Waals surface area contributed by atoms with E-state index in [0.29, 0.717) is 19.4 Å². The maximum absolute atomic E-state index is 12.2. The van der Waals surface area contributed by atoms with Crippen molar-refractivity contribution < 1.29 is 18.3 Å². The molecule has 5 nitrogen and oxygen atoms in total. The number of nitrogens with one attached hydrogen (secondary N) is 1. The first-order chi connectivity index (χ1) is 12.5. The molecule has 2 rings (SSSR count). The number of carbonyl (C=O) groups excluding carboxylic acids is 1. The maximum atomic E-state index is 12.2. The Hall–Kier alpha value is -2.18. The molecule has 0 saturated heterocycles. The van der Waals surface area contributed by atoms with E-state index in [1.54, 1.807) is 18.2 Å². The molecule has 0 aliphatic carbocycles. The second-order valence-electron chi connectivity index (χ2n) is 6.14. The Kier molecular flexibility index (Phi) is 7.81. The highest BCUT2D eigenvalue weighted by atomic mass is 32.2. The Morgan fingerprint density at radius 3 is 2.19 bits per heavy atom. The highest BCUT2D eigenvalue weighted by Gasteiger charge is 2.16. The maximum Gasteiger partial charge on any atom is 0.221 e. The van der Waals surface area contributed by atoms with Crippen LogP contribution in [0.5, 0.6) is 0 Å². The van der Waals surface area contributed by atoms with Crippen molar-refractivity contribution >= 4 is 15.7 Å². The lowest BCUT2D eigenvalue weighted by Gasteiger charge is -2.16. The second kappa shape index (κ2) is 10.1. The average Bonchev–Trinajstić information content (AvgIpc) is 2.67. The van der Waals surface area contributed by atoms with Crippen LogP contribution in [0.15, 0.2) is 65.6 Å². The summed E-state index contributed by atoms with van der Waals surface area (Å²) in [6.45, 7) is 0.534. The summed E-state index contributed by atoms with van der Waals surface area (Å²) in [7, 11) is -3.44. The minimum Gasteiger partial charge on any atom is -0.396 e. The van der Waals surface area contributed by atoms with Gasteiger partial charge in [0.1, 0.15) is 0 Å². The molecule has 1 atom stereocenters. The van der Waals surface area contributed by atoms with Crippen molar-refractivity contribution in [3.63, 3.8) is 0 Å². The van der Waals surface area contributed by atoms with Crippen molar-refractivity contribution in [2.45, 2.75) is 30.1 Å². The van der Waals surface area contributed by atoms with Crippen molar-refractivity contribution in [1.82, 2.24) is 5.32 Å². The molecule has 0 aliphatic rings. The van der Waals surface area contributed by atoms with Gasteiger partial charge in [-0.1, -0.05) is 48.5 Å². The van der Waals surface area contributed by atoms with Gasteiger partial charge in [-0.15, -0.1) is 0 Å². The SMILES string of the molecule is O=C(CCS(=O)(=O)c1ccccc1)NCCC(CCO)c1ccccc1. The highest BCUT2D eigenvalue weighted by Crippen LogP contribution is 2.22. The zero-order valence-electron chi connectivity index (χ0n) is 14.7. The van der Waals surface area contributed by atoms with Crippen molar-refractivity contribution in [3.05, 3.63) is 66.2 Å². The largest absolute Gasteiger partial charge is 0.396 e. The van der Waals surface area contributed by atoms with E-state index in [9.17, 15) is 18.3 Å². The van der Waals surface area contributed by atoms with Crippen LogP contribution in [0.2, 0.25) is 0 Å². The fraction of sp³-hybridized carbons (Fsp3) is 0.350. The van der Waals surface area contributed by atoms with Gasteiger partial charge in [0.2, 0.25) is 5.91 Å². The number of amides is 1. The molecule has 0 fully saturated rings. The van der Waals surface area contributed by atoms with Crippen LogP contribution < -0.4 is 5.32 Å². The second-order valence-corrected chi connectivity index (χ2v) is 8.25. The number of benzene rings is 2. The molecule has 0 aliphatic heterocycles. The van der Waals surface area contributed by atoms with Crippen LogP contribution in [-0.4, -0.2) is 38.3 Å².